The smallest absolute Gasteiger partial charge is 0.264 e. The normalized spacial score (nSPS) is 12.1. The number of methoxy groups -OCH3 is 1. The van der Waals surface area contributed by atoms with Crippen molar-refractivity contribution in [2.24, 2.45) is 5.92 Å². The highest BCUT2D eigenvalue weighted by Crippen LogP contribution is 2.29. The monoisotopic (exact) mass is 619 g/mol. The number of aryl methyl sites for hydroxylation is 1. The van der Waals surface area contributed by atoms with Crippen LogP contribution in [0.5, 0.6) is 5.75 Å². The van der Waals surface area contributed by atoms with E-state index >= 15 is 0 Å². The molecule has 3 aromatic rings. The molecule has 0 aromatic heterocycles. The first-order chi connectivity index (χ1) is 19.3. The first kappa shape index (κ1) is 32.2. The van der Waals surface area contributed by atoms with Crippen molar-refractivity contribution in [3.05, 3.63) is 87.9 Å². The maximum Gasteiger partial charge on any atom is 0.264 e. The van der Waals surface area contributed by atoms with Gasteiger partial charge in [0.1, 0.15) is 18.3 Å². The van der Waals surface area contributed by atoms with Gasteiger partial charge in [-0.2, -0.15) is 0 Å². The Balaban J connectivity index is 2.07. The Kier molecular flexibility index (Phi) is 11.1. The molecule has 2 amide bonds. The van der Waals surface area contributed by atoms with Gasteiger partial charge in [-0.25, -0.2) is 8.42 Å². The van der Waals surface area contributed by atoms with Crippen molar-refractivity contribution in [3.63, 3.8) is 0 Å². The lowest BCUT2D eigenvalue weighted by atomic mass is 10.1. The summed E-state index contributed by atoms with van der Waals surface area (Å²) in [6.45, 7) is 7.07. The molecule has 8 nitrogen and oxygen atoms in total. The summed E-state index contributed by atoms with van der Waals surface area (Å²) in [5.74, 6) is -0.395. The molecule has 0 aliphatic rings. The van der Waals surface area contributed by atoms with E-state index < -0.39 is 28.5 Å². The number of sulfonamides is 1. The lowest BCUT2D eigenvalue weighted by Crippen LogP contribution is -2.51. The second kappa shape index (κ2) is 14.1. The third kappa shape index (κ3) is 8.15. The van der Waals surface area contributed by atoms with Crippen molar-refractivity contribution >= 4 is 50.7 Å². The van der Waals surface area contributed by atoms with E-state index in [4.69, 9.17) is 27.9 Å². The molecule has 0 saturated heterocycles. The van der Waals surface area contributed by atoms with Crippen LogP contribution in [0.15, 0.2) is 71.6 Å². The summed E-state index contributed by atoms with van der Waals surface area (Å²) in [6, 6.07) is 16.8. The zero-order valence-electron chi connectivity index (χ0n) is 23.7. The Labute approximate surface area is 252 Å². The van der Waals surface area contributed by atoms with Crippen molar-refractivity contribution in [2.75, 3.05) is 24.5 Å². The highest BCUT2D eigenvalue weighted by molar-refractivity contribution is 7.92. The molecule has 0 unspecified atom stereocenters. The lowest BCUT2D eigenvalue weighted by molar-refractivity contribution is -0.139. The number of carbonyl (C=O) groups is 2. The minimum Gasteiger partial charge on any atom is -0.497 e. The van der Waals surface area contributed by atoms with Gasteiger partial charge in [0, 0.05) is 34.8 Å². The van der Waals surface area contributed by atoms with Crippen LogP contribution in [0.4, 0.5) is 5.69 Å². The summed E-state index contributed by atoms with van der Waals surface area (Å²) in [7, 11) is -2.74. The topological polar surface area (TPSA) is 96.0 Å². The molecule has 0 aliphatic carbocycles. The van der Waals surface area contributed by atoms with E-state index in [0.717, 1.165) is 9.87 Å². The fourth-order valence-electron chi connectivity index (χ4n) is 4.02. The molecule has 0 fully saturated rings. The zero-order chi connectivity index (χ0) is 30.3. The second-order valence-corrected chi connectivity index (χ2v) is 12.7. The second-order valence-electron chi connectivity index (χ2n) is 10.1. The molecule has 0 aliphatic heterocycles. The van der Waals surface area contributed by atoms with Crippen LogP contribution in [0.25, 0.3) is 0 Å². The zero-order valence-corrected chi connectivity index (χ0v) is 26.1. The molecule has 41 heavy (non-hydrogen) atoms. The number of anilines is 1. The molecule has 11 heteroatoms. The molecular formula is C30H35Cl2N3O5S. The van der Waals surface area contributed by atoms with E-state index in [1.165, 1.54) is 30.2 Å². The Hall–Kier alpha value is -3.27. The van der Waals surface area contributed by atoms with Crippen LogP contribution in [0.2, 0.25) is 10.0 Å². The van der Waals surface area contributed by atoms with Gasteiger partial charge in [-0.15, -0.1) is 0 Å². The van der Waals surface area contributed by atoms with Crippen molar-refractivity contribution in [3.8, 4) is 5.75 Å². The van der Waals surface area contributed by atoms with Gasteiger partial charge in [0.15, 0.2) is 0 Å². The minimum atomic E-state index is -4.20. The number of halogens is 2. The first-order valence-electron chi connectivity index (χ1n) is 13.1. The van der Waals surface area contributed by atoms with E-state index in [2.05, 4.69) is 5.32 Å². The van der Waals surface area contributed by atoms with Crippen LogP contribution in [-0.2, 0) is 26.2 Å². The number of hydrogen-bond acceptors (Lipinski definition) is 5. The average molecular weight is 621 g/mol. The molecule has 0 bridgehead atoms. The van der Waals surface area contributed by atoms with E-state index in [1.54, 1.807) is 55.5 Å². The number of benzene rings is 3. The molecule has 0 saturated carbocycles. The van der Waals surface area contributed by atoms with Gasteiger partial charge in [-0.3, -0.25) is 13.9 Å². The standard InChI is InChI=1S/C30H35Cl2N3O5S/c1-20(2)17-33-30(37)22(4)34(18-26-27(31)10-7-11-28(26)32)29(36)19-35(23-8-6-9-24(16-23)40-5)41(38,39)25-14-12-21(3)13-15-25/h6-16,20,22H,17-19H2,1-5H3,(H,33,37)/t22-/m0/s1. The number of carbonyl (C=O) groups excluding carboxylic acids is 2. The summed E-state index contributed by atoms with van der Waals surface area (Å²) in [4.78, 5) is 28.5. The highest BCUT2D eigenvalue weighted by Gasteiger charge is 2.33. The maximum absolute atomic E-state index is 14.0. The Morgan fingerprint density at radius 3 is 2.15 bits per heavy atom. The van der Waals surface area contributed by atoms with E-state index in [1.807, 2.05) is 20.8 Å². The van der Waals surface area contributed by atoms with Gasteiger partial charge in [-0.1, -0.05) is 66.9 Å². The maximum atomic E-state index is 14.0. The van der Waals surface area contributed by atoms with E-state index in [0.29, 0.717) is 27.9 Å². The Morgan fingerprint density at radius 2 is 1.56 bits per heavy atom. The fourth-order valence-corrected chi connectivity index (χ4v) is 5.94. The quantitative estimate of drug-likeness (QED) is 0.281. The van der Waals surface area contributed by atoms with Crippen molar-refractivity contribution in [2.45, 2.75) is 45.2 Å². The van der Waals surface area contributed by atoms with Crippen LogP contribution in [0.1, 0.15) is 31.9 Å². The van der Waals surface area contributed by atoms with Crippen LogP contribution in [-0.4, -0.2) is 51.4 Å². The van der Waals surface area contributed by atoms with Gasteiger partial charge in [0.05, 0.1) is 17.7 Å². The van der Waals surface area contributed by atoms with Crippen LogP contribution in [0, 0.1) is 12.8 Å². The molecule has 0 radical (unpaired) electrons. The molecule has 1 atom stereocenters. The molecule has 1 N–H and O–H groups in total. The Bertz CT molecular complexity index is 1460. The summed E-state index contributed by atoms with van der Waals surface area (Å²) >= 11 is 12.8. The highest BCUT2D eigenvalue weighted by atomic mass is 35.5. The minimum absolute atomic E-state index is 0.0159. The molecule has 220 valence electrons. The number of nitrogens with one attached hydrogen (secondary N) is 1. The van der Waals surface area contributed by atoms with Gasteiger partial charge < -0.3 is 15.0 Å². The van der Waals surface area contributed by atoms with Crippen molar-refractivity contribution < 1.29 is 22.7 Å². The molecular weight excluding hydrogens is 585 g/mol. The van der Waals surface area contributed by atoms with Crippen LogP contribution in [0.3, 0.4) is 0 Å². The molecule has 0 spiro atoms. The SMILES string of the molecule is COc1cccc(N(CC(=O)N(Cc2c(Cl)cccc2Cl)[C@@H](C)C(=O)NCC(C)C)S(=O)(=O)c2ccc(C)cc2)c1. The summed E-state index contributed by atoms with van der Waals surface area (Å²) in [6.07, 6.45) is 0. The first-order valence-corrected chi connectivity index (χ1v) is 15.3. The summed E-state index contributed by atoms with van der Waals surface area (Å²) in [5.41, 5.74) is 1.56. The van der Waals surface area contributed by atoms with Crippen molar-refractivity contribution in [1.82, 2.24) is 10.2 Å². The average Bonchev–Trinajstić information content (AvgIpc) is 2.94. The van der Waals surface area contributed by atoms with Crippen molar-refractivity contribution in [1.29, 1.82) is 0 Å². The van der Waals surface area contributed by atoms with Crippen LogP contribution < -0.4 is 14.4 Å². The fraction of sp³-hybridized carbons (Fsp3) is 0.333. The number of rotatable bonds is 12. The van der Waals surface area contributed by atoms with Gasteiger partial charge >= 0.3 is 0 Å². The molecule has 3 aromatic carbocycles. The molecule has 3 rings (SSSR count). The van der Waals surface area contributed by atoms with E-state index in [-0.39, 0.29) is 29.0 Å². The van der Waals surface area contributed by atoms with Crippen LogP contribution >= 0.6 is 23.2 Å². The predicted octanol–water partition coefficient (Wildman–Crippen LogP) is 5.70. The number of ether oxygens (including phenoxy) is 1. The number of nitrogens with zero attached hydrogens (tertiary/aromatic N) is 2. The van der Waals surface area contributed by atoms with E-state index in [9.17, 15) is 18.0 Å². The number of amides is 2. The van der Waals surface area contributed by atoms with Gasteiger partial charge in [0.2, 0.25) is 11.8 Å². The summed E-state index contributed by atoms with van der Waals surface area (Å²) in [5, 5.41) is 3.49. The Morgan fingerprint density at radius 1 is 0.951 bits per heavy atom. The van der Waals surface area contributed by atoms with Gasteiger partial charge in [0.25, 0.3) is 10.0 Å². The summed E-state index contributed by atoms with van der Waals surface area (Å²) < 4.78 is 34.2. The number of hydrogen-bond donors (Lipinski definition) is 1. The largest absolute Gasteiger partial charge is 0.497 e. The predicted molar refractivity (Wildman–Crippen MR) is 163 cm³/mol. The third-order valence-electron chi connectivity index (χ3n) is 6.47. The molecule has 0 heterocycles. The third-order valence-corrected chi connectivity index (χ3v) is 8.97. The van der Waals surface area contributed by atoms with Gasteiger partial charge in [-0.05, 0) is 56.2 Å². The lowest BCUT2D eigenvalue weighted by Gasteiger charge is -2.32.